The molecule has 1 N–H and O–H groups in total. The number of hydrogen-bond acceptors (Lipinski definition) is 3. The highest BCUT2D eigenvalue weighted by molar-refractivity contribution is 5.93. The minimum absolute atomic E-state index is 0.228. The molecule has 1 aliphatic carbocycles. The van der Waals surface area contributed by atoms with E-state index in [2.05, 4.69) is 5.32 Å². The summed E-state index contributed by atoms with van der Waals surface area (Å²) in [6, 6.07) is 3.24. The fraction of sp³-hybridized carbons (Fsp3) is 0.632. The standard InChI is InChI=1S/C19H24F3N3O2/c20-19(21,22)14-4-5-16(24-8-1-2-9-24)15(12-14)23-17(26)25-10-11-27-18(13-25)6-3-7-18/h4-5,12H,1-3,6-11,13H2,(H,23,26). The summed E-state index contributed by atoms with van der Waals surface area (Å²) in [7, 11) is 0. The molecule has 2 amide bonds. The van der Waals surface area contributed by atoms with Crippen molar-refractivity contribution in [2.24, 2.45) is 0 Å². The van der Waals surface area contributed by atoms with Gasteiger partial charge in [0.1, 0.15) is 0 Å². The van der Waals surface area contributed by atoms with Gasteiger partial charge < -0.3 is 19.9 Å². The fourth-order valence-corrected chi connectivity index (χ4v) is 4.13. The zero-order chi connectivity index (χ0) is 19.1. The van der Waals surface area contributed by atoms with Crippen molar-refractivity contribution < 1.29 is 22.7 Å². The Balaban J connectivity index is 1.56. The molecule has 8 heteroatoms. The van der Waals surface area contributed by atoms with Gasteiger partial charge in [0.2, 0.25) is 0 Å². The van der Waals surface area contributed by atoms with Crippen LogP contribution < -0.4 is 10.2 Å². The summed E-state index contributed by atoms with van der Waals surface area (Å²) < 4.78 is 45.3. The lowest BCUT2D eigenvalue weighted by molar-refractivity contribution is -0.140. The quantitative estimate of drug-likeness (QED) is 0.837. The maximum atomic E-state index is 13.2. The normalized spacial score (nSPS) is 22.0. The Morgan fingerprint density at radius 3 is 2.48 bits per heavy atom. The number of urea groups is 1. The van der Waals surface area contributed by atoms with Crippen LogP contribution in [0.5, 0.6) is 0 Å². The van der Waals surface area contributed by atoms with E-state index in [-0.39, 0.29) is 17.3 Å². The number of anilines is 2. The second-order valence-electron chi connectivity index (χ2n) is 7.66. The van der Waals surface area contributed by atoms with Crippen molar-refractivity contribution in [3.05, 3.63) is 23.8 Å². The molecule has 2 aliphatic heterocycles. The number of benzene rings is 1. The Morgan fingerprint density at radius 1 is 1.11 bits per heavy atom. The molecule has 27 heavy (non-hydrogen) atoms. The van der Waals surface area contributed by atoms with Gasteiger partial charge in [-0.3, -0.25) is 0 Å². The molecule has 2 saturated heterocycles. The molecule has 2 heterocycles. The summed E-state index contributed by atoms with van der Waals surface area (Å²) in [6.45, 7) is 2.99. The topological polar surface area (TPSA) is 44.8 Å². The fourth-order valence-electron chi connectivity index (χ4n) is 4.13. The summed E-state index contributed by atoms with van der Waals surface area (Å²) in [6.07, 6.45) is 0.500. The molecule has 148 valence electrons. The van der Waals surface area contributed by atoms with Crippen molar-refractivity contribution in [2.75, 3.05) is 43.0 Å². The lowest BCUT2D eigenvalue weighted by Gasteiger charge is -2.48. The van der Waals surface area contributed by atoms with Crippen LogP contribution in [0.4, 0.5) is 29.3 Å². The van der Waals surface area contributed by atoms with Crippen LogP contribution in [-0.2, 0) is 10.9 Å². The van der Waals surface area contributed by atoms with Crippen molar-refractivity contribution >= 4 is 17.4 Å². The second kappa shape index (κ2) is 6.89. The number of carbonyl (C=O) groups is 1. The third-order valence-corrected chi connectivity index (χ3v) is 5.81. The zero-order valence-electron chi connectivity index (χ0n) is 15.1. The molecule has 0 aromatic heterocycles. The predicted molar refractivity (Wildman–Crippen MR) is 96.0 cm³/mol. The number of ether oxygens (including phenoxy) is 1. The van der Waals surface area contributed by atoms with Crippen LogP contribution in [0.1, 0.15) is 37.7 Å². The minimum atomic E-state index is -4.45. The highest BCUT2D eigenvalue weighted by atomic mass is 19.4. The smallest absolute Gasteiger partial charge is 0.371 e. The van der Waals surface area contributed by atoms with Crippen LogP contribution in [0.2, 0.25) is 0 Å². The molecule has 5 nitrogen and oxygen atoms in total. The van der Waals surface area contributed by atoms with E-state index >= 15 is 0 Å². The van der Waals surface area contributed by atoms with Crippen molar-refractivity contribution in [3.63, 3.8) is 0 Å². The predicted octanol–water partition coefficient (Wildman–Crippen LogP) is 4.09. The zero-order valence-corrected chi connectivity index (χ0v) is 15.1. The molecule has 3 fully saturated rings. The number of amides is 2. The minimum Gasteiger partial charge on any atom is -0.371 e. The second-order valence-corrected chi connectivity index (χ2v) is 7.66. The lowest BCUT2D eigenvalue weighted by atomic mass is 9.79. The first-order valence-electron chi connectivity index (χ1n) is 9.52. The Bertz CT molecular complexity index is 713. The average molecular weight is 383 g/mol. The van der Waals surface area contributed by atoms with E-state index in [4.69, 9.17) is 4.74 Å². The Labute approximate surface area is 156 Å². The molecule has 0 unspecified atom stereocenters. The summed E-state index contributed by atoms with van der Waals surface area (Å²) in [5, 5.41) is 2.75. The van der Waals surface area contributed by atoms with Crippen LogP contribution in [0.3, 0.4) is 0 Å². The molecule has 0 radical (unpaired) electrons. The number of carbonyl (C=O) groups excluding carboxylic acids is 1. The Hall–Kier alpha value is -1.96. The molecule has 1 spiro atoms. The van der Waals surface area contributed by atoms with Crippen molar-refractivity contribution in [3.8, 4) is 0 Å². The number of nitrogens with one attached hydrogen (secondary N) is 1. The van der Waals surface area contributed by atoms with Crippen molar-refractivity contribution in [1.82, 2.24) is 4.90 Å². The number of morpholine rings is 1. The number of alkyl halides is 3. The molecule has 0 atom stereocenters. The number of halogens is 3. The van der Waals surface area contributed by atoms with E-state index in [1.54, 1.807) is 4.90 Å². The van der Waals surface area contributed by atoms with Crippen LogP contribution in [-0.4, -0.2) is 49.3 Å². The maximum absolute atomic E-state index is 13.2. The first-order chi connectivity index (χ1) is 12.9. The van der Waals surface area contributed by atoms with Crippen LogP contribution in [0.15, 0.2) is 18.2 Å². The molecular formula is C19H24F3N3O2. The highest BCUT2D eigenvalue weighted by Gasteiger charge is 2.43. The van der Waals surface area contributed by atoms with E-state index in [9.17, 15) is 18.0 Å². The summed E-state index contributed by atoms with van der Waals surface area (Å²) in [4.78, 5) is 16.5. The van der Waals surface area contributed by atoms with Crippen LogP contribution in [0.25, 0.3) is 0 Å². The summed E-state index contributed by atoms with van der Waals surface area (Å²) in [5.74, 6) is 0. The third-order valence-electron chi connectivity index (χ3n) is 5.81. The Morgan fingerprint density at radius 2 is 1.85 bits per heavy atom. The summed E-state index contributed by atoms with van der Waals surface area (Å²) in [5.41, 5.74) is -0.120. The average Bonchev–Trinajstić information content (AvgIpc) is 3.14. The molecular weight excluding hydrogens is 359 g/mol. The SMILES string of the molecule is O=C(Nc1cc(C(F)(F)F)ccc1N1CCCC1)N1CCOC2(CCC2)C1. The van der Waals surface area contributed by atoms with E-state index in [1.165, 1.54) is 6.07 Å². The van der Waals surface area contributed by atoms with Gasteiger partial charge in [0.05, 0.1) is 35.7 Å². The van der Waals surface area contributed by atoms with Gasteiger partial charge in [-0.25, -0.2) is 4.79 Å². The van der Waals surface area contributed by atoms with Gasteiger partial charge in [-0.2, -0.15) is 13.2 Å². The molecule has 1 aromatic rings. The van der Waals surface area contributed by atoms with E-state index in [0.29, 0.717) is 25.4 Å². The first-order valence-corrected chi connectivity index (χ1v) is 9.52. The van der Waals surface area contributed by atoms with E-state index in [0.717, 1.165) is 57.3 Å². The molecule has 3 aliphatic rings. The van der Waals surface area contributed by atoms with Gasteiger partial charge >= 0.3 is 12.2 Å². The van der Waals surface area contributed by atoms with Crippen molar-refractivity contribution in [1.29, 1.82) is 0 Å². The third kappa shape index (κ3) is 3.72. The molecule has 1 aromatic carbocycles. The highest BCUT2D eigenvalue weighted by Crippen LogP contribution is 2.39. The van der Waals surface area contributed by atoms with Gasteiger partial charge in [-0.1, -0.05) is 0 Å². The molecule has 0 bridgehead atoms. The van der Waals surface area contributed by atoms with Gasteiger partial charge in [-0.15, -0.1) is 0 Å². The van der Waals surface area contributed by atoms with Gasteiger partial charge in [0.15, 0.2) is 0 Å². The van der Waals surface area contributed by atoms with E-state index < -0.39 is 11.7 Å². The Kier molecular flexibility index (Phi) is 4.70. The monoisotopic (exact) mass is 383 g/mol. The molecule has 1 saturated carbocycles. The lowest BCUT2D eigenvalue weighted by Crippen LogP contribution is -2.57. The van der Waals surface area contributed by atoms with Gasteiger partial charge in [0.25, 0.3) is 0 Å². The summed E-state index contributed by atoms with van der Waals surface area (Å²) >= 11 is 0. The van der Waals surface area contributed by atoms with Crippen LogP contribution >= 0.6 is 0 Å². The number of nitrogens with zero attached hydrogens (tertiary/aromatic N) is 2. The largest absolute Gasteiger partial charge is 0.416 e. The number of hydrogen-bond donors (Lipinski definition) is 1. The number of rotatable bonds is 2. The maximum Gasteiger partial charge on any atom is 0.416 e. The van der Waals surface area contributed by atoms with Gasteiger partial charge in [0, 0.05) is 19.6 Å². The molecule has 4 rings (SSSR count). The van der Waals surface area contributed by atoms with Gasteiger partial charge in [-0.05, 0) is 50.3 Å². The van der Waals surface area contributed by atoms with Crippen LogP contribution in [0, 0.1) is 0 Å². The van der Waals surface area contributed by atoms with Crippen molar-refractivity contribution in [2.45, 2.75) is 43.9 Å². The van der Waals surface area contributed by atoms with E-state index in [1.807, 2.05) is 4.90 Å². The first kappa shape index (κ1) is 18.4.